The van der Waals surface area contributed by atoms with E-state index in [-0.39, 0.29) is 38.7 Å². The summed E-state index contributed by atoms with van der Waals surface area (Å²) in [6.07, 6.45) is 8.82. The Bertz CT molecular complexity index is 723. The van der Waals surface area contributed by atoms with Gasteiger partial charge in [-0.25, -0.2) is 0 Å². The van der Waals surface area contributed by atoms with Crippen LogP contribution in [0.1, 0.15) is 44.1 Å². The molecule has 1 saturated carbocycles. The second kappa shape index (κ2) is 9.85. The van der Waals surface area contributed by atoms with Gasteiger partial charge >= 0.3 is 5.97 Å². The number of likely N-dealkylation sites (N-methyl/N-ethyl adjacent to an activating group) is 1. The van der Waals surface area contributed by atoms with Crippen molar-refractivity contribution in [3.8, 4) is 5.75 Å². The van der Waals surface area contributed by atoms with Crippen LogP contribution in [0.2, 0.25) is 0 Å². The van der Waals surface area contributed by atoms with E-state index in [0.29, 0.717) is 18.7 Å². The Morgan fingerprint density at radius 3 is 2.77 bits per heavy atom. The Kier molecular flexibility index (Phi) is 8.10. The van der Waals surface area contributed by atoms with Gasteiger partial charge in [-0.1, -0.05) is 25.3 Å². The van der Waals surface area contributed by atoms with Gasteiger partial charge in [-0.3, -0.25) is 4.79 Å². The van der Waals surface area contributed by atoms with Crippen LogP contribution in [0.25, 0.3) is 16.2 Å². The molecular weight excluding hydrogens is 427 g/mol. The Morgan fingerprint density at radius 1 is 1.31 bits per heavy atom. The molecular formula is C20H28CdN3O2-. The summed E-state index contributed by atoms with van der Waals surface area (Å²) in [5.41, 5.74) is 8.05. The van der Waals surface area contributed by atoms with E-state index in [4.69, 9.17) is 10.5 Å². The molecule has 1 aliphatic carbocycles. The van der Waals surface area contributed by atoms with E-state index in [2.05, 4.69) is 10.3 Å². The van der Waals surface area contributed by atoms with Gasteiger partial charge in [-0.05, 0) is 48.9 Å². The molecule has 0 atom stereocenters. The van der Waals surface area contributed by atoms with Crippen LogP contribution in [-0.2, 0) is 38.5 Å². The maximum Gasteiger partial charge on any atom is 0.311 e. The number of nitrogens with two attached hydrogens (primary N) is 1. The maximum atomic E-state index is 12.6. The molecule has 138 valence electrons. The zero-order valence-electron chi connectivity index (χ0n) is 15.7. The molecule has 0 amide bonds. The molecule has 2 aromatic rings. The van der Waals surface area contributed by atoms with E-state index in [1.165, 1.54) is 6.42 Å². The van der Waals surface area contributed by atoms with Crippen LogP contribution < -0.4 is 10.5 Å². The summed E-state index contributed by atoms with van der Waals surface area (Å²) < 4.78 is 5.79. The van der Waals surface area contributed by atoms with Gasteiger partial charge in [0.15, 0.2) is 0 Å². The number of carbonyl (C=O) groups is 1. The van der Waals surface area contributed by atoms with Gasteiger partial charge in [-0.15, -0.1) is 6.54 Å². The Labute approximate surface area is 175 Å². The number of rotatable bonds is 7. The summed E-state index contributed by atoms with van der Waals surface area (Å²) in [7, 11) is 1.81. The average molecular weight is 455 g/mol. The first-order valence-electron chi connectivity index (χ1n) is 9.23. The first-order chi connectivity index (χ1) is 12.2. The van der Waals surface area contributed by atoms with E-state index < -0.39 is 0 Å². The summed E-state index contributed by atoms with van der Waals surface area (Å²) in [5.74, 6) is 0.463. The first-order valence-corrected chi connectivity index (χ1v) is 9.23. The topological polar surface area (TPSA) is 82.2 Å². The normalized spacial score (nSPS) is 16.2. The molecule has 0 spiro atoms. The fourth-order valence-electron chi connectivity index (χ4n) is 3.95. The number of hydrogen-bond acceptors (Lipinski definition) is 3. The van der Waals surface area contributed by atoms with Gasteiger partial charge in [0.25, 0.3) is 0 Å². The van der Waals surface area contributed by atoms with E-state index in [1.54, 1.807) is 0 Å². The molecule has 1 fully saturated rings. The van der Waals surface area contributed by atoms with Crippen molar-refractivity contribution in [1.82, 2.24) is 4.98 Å². The van der Waals surface area contributed by atoms with Crippen LogP contribution in [0.4, 0.5) is 0 Å². The Hall–Kier alpha value is -0.928. The zero-order valence-corrected chi connectivity index (χ0v) is 19.8. The molecule has 1 heterocycles. The van der Waals surface area contributed by atoms with Gasteiger partial charge in [0.05, 0.1) is 6.42 Å². The fraction of sp³-hybridized carbons (Fsp3) is 0.550. The molecule has 1 aliphatic rings. The molecule has 26 heavy (non-hydrogen) atoms. The molecule has 3 N–H and O–H groups in total. The largest absolute Gasteiger partial charge is 0.665 e. The third-order valence-electron chi connectivity index (χ3n) is 5.44. The second-order valence-electron chi connectivity index (χ2n) is 7.20. The molecule has 0 radical (unpaired) electrons. The van der Waals surface area contributed by atoms with Crippen LogP contribution in [0.5, 0.6) is 5.75 Å². The average Bonchev–Trinajstić information content (AvgIpc) is 3.05. The van der Waals surface area contributed by atoms with Crippen molar-refractivity contribution in [3.05, 3.63) is 35.3 Å². The van der Waals surface area contributed by atoms with Gasteiger partial charge in [-0.2, -0.15) is 7.05 Å². The number of aromatic nitrogens is 1. The van der Waals surface area contributed by atoms with Crippen molar-refractivity contribution in [1.29, 1.82) is 0 Å². The van der Waals surface area contributed by atoms with Gasteiger partial charge in [0, 0.05) is 44.4 Å². The van der Waals surface area contributed by atoms with Crippen molar-refractivity contribution >= 4 is 16.9 Å². The van der Waals surface area contributed by atoms with Crippen molar-refractivity contribution < 1.29 is 36.8 Å². The number of carbonyl (C=O) groups excluding carboxylic acids is 1. The third kappa shape index (κ3) is 4.86. The standard InChI is InChI=1S/C20H28N3O2.Cd/c1-22-11-8-15-13-23-16-6-5-7-17(19(15)16)25-18(24)12-20(14-21)9-3-2-4-10-20;/h5-7,13,23H,2-4,8-12,14,21H2,1H3;/q-1;. The zero-order chi connectivity index (χ0) is 17.7. The van der Waals surface area contributed by atoms with Crippen LogP contribution in [-0.4, -0.2) is 31.1 Å². The minimum Gasteiger partial charge on any atom is -0.665 e. The predicted molar refractivity (Wildman–Crippen MR) is 101 cm³/mol. The summed E-state index contributed by atoms with van der Waals surface area (Å²) in [6.45, 7) is 1.31. The molecule has 0 unspecified atom stereocenters. The first kappa shape index (κ1) is 21.4. The minimum absolute atomic E-state index is 0. The quantitative estimate of drug-likeness (QED) is 0.378. The van der Waals surface area contributed by atoms with Gasteiger partial charge in [0.2, 0.25) is 0 Å². The Morgan fingerprint density at radius 2 is 2.08 bits per heavy atom. The number of esters is 1. The van der Waals surface area contributed by atoms with Crippen molar-refractivity contribution in [2.75, 3.05) is 20.1 Å². The number of aromatic amines is 1. The van der Waals surface area contributed by atoms with Crippen LogP contribution in [0, 0.1) is 5.41 Å². The molecule has 1 aromatic carbocycles. The summed E-state index contributed by atoms with van der Waals surface area (Å²) in [5, 5.41) is 5.16. The van der Waals surface area contributed by atoms with Crippen LogP contribution in [0.15, 0.2) is 24.4 Å². The van der Waals surface area contributed by atoms with E-state index in [0.717, 1.165) is 55.1 Å². The number of H-pyrrole nitrogens is 1. The number of fused-ring (bicyclic) bond motifs is 1. The number of hydrogen-bond donors (Lipinski definition) is 2. The number of nitrogens with zero attached hydrogens (tertiary/aromatic N) is 1. The van der Waals surface area contributed by atoms with E-state index in [9.17, 15) is 4.79 Å². The van der Waals surface area contributed by atoms with Crippen LogP contribution >= 0.6 is 0 Å². The van der Waals surface area contributed by atoms with E-state index in [1.807, 2.05) is 31.4 Å². The van der Waals surface area contributed by atoms with E-state index >= 15 is 0 Å². The maximum absolute atomic E-state index is 12.6. The predicted octanol–water partition coefficient (Wildman–Crippen LogP) is 3.92. The molecule has 0 saturated heterocycles. The van der Waals surface area contributed by atoms with Crippen molar-refractivity contribution in [3.63, 3.8) is 0 Å². The fourth-order valence-corrected chi connectivity index (χ4v) is 3.95. The molecule has 0 bridgehead atoms. The number of benzene rings is 1. The number of nitrogens with one attached hydrogen (secondary N) is 1. The van der Waals surface area contributed by atoms with Gasteiger partial charge < -0.3 is 20.8 Å². The number of ether oxygens (including phenoxy) is 1. The monoisotopic (exact) mass is 456 g/mol. The van der Waals surface area contributed by atoms with Crippen molar-refractivity contribution in [2.24, 2.45) is 11.1 Å². The van der Waals surface area contributed by atoms with Gasteiger partial charge in [0.1, 0.15) is 5.75 Å². The Balaban J connectivity index is 0.00000243. The molecule has 6 heteroatoms. The third-order valence-corrected chi connectivity index (χ3v) is 5.44. The summed E-state index contributed by atoms with van der Waals surface area (Å²) in [6, 6.07) is 5.78. The molecule has 5 nitrogen and oxygen atoms in total. The molecule has 3 rings (SSSR count). The SMILES string of the molecule is C[N-]CCc1c[nH]c2cccc(OC(=O)CC3(CN)CCCCC3)c12.[Cd]. The second-order valence-corrected chi connectivity index (χ2v) is 7.20. The smallest absolute Gasteiger partial charge is 0.311 e. The molecule has 1 aromatic heterocycles. The summed E-state index contributed by atoms with van der Waals surface area (Å²) >= 11 is 0. The minimum atomic E-state index is -0.174. The van der Waals surface area contributed by atoms with Crippen molar-refractivity contribution in [2.45, 2.75) is 44.9 Å². The summed E-state index contributed by atoms with van der Waals surface area (Å²) in [4.78, 5) is 15.9. The molecule has 0 aliphatic heterocycles. The van der Waals surface area contributed by atoms with Crippen LogP contribution in [0.3, 0.4) is 0 Å².